The Morgan fingerprint density at radius 3 is 2.20 bits per heavy atom. The minimum atomic E-state index is -0.213. The van der Waals surface area contributed by atoms with E-state index in [9.17, 15) is 0 Å². The van der Waals surface area contributed by atoms with Gasteiger partial charge in [-0.05, 0) is 59.9 Å². The predicted octanol–water partition coefficient (Wildman–Crippen LogP) is 10.2. The third-order valence-corrected chi connectivity index (χ3v) is 9.45. The molecule has 0 radical (unpaired) electrons. The van der Waals surface area contributed by atoms with Gasteiger partial charge in [0.2, 0.25) is 0 Å². The van der Waals surface area contributed by atoms with Gasteiger partial charge in [0.15, 0.2) is 0 Å². The molecule has 194 valence electrons. The SMILES string of the molecule is C#C/C=C\C=C/CC1(C/C=C\C=C/C#C)c2ccccc2-c2c1ccc1c2[nH]c2cc3sc4ccccc4c3cc21. The molecule has 0 spiro atoms. The summed E-state index contributed by atoms with van der Waals surface area (Å²) in [6.45, 7) is 0. The highest BCUT2D eigenvalue weighted by Gasteiger charge is 2.42. The predicted molar refractivity (Wildman–Crippen MR) is 178 cm³/mol. The maximum atomic E-state index is 5.43. The van der Waals surface area contributed by atoms with Gasteiger partial charge in [-0.2, -0.15) is 0 Å². The lowest BCUT2D eigenvalue weighted by atomic mass is 9.72. The summed E-state index contributed by atoms with van der Waals surface area (Å²) in [6, 6.07) is 27.0. The number of thiophene rings is 1. The van der Waals surface area contributed by atoms with Gasteiger partial charge < -0.3 is 4.98 Å². The van der Waals surface area contributed by atoms with Crippen molar-refractivity contribution in [2.24, 2.45) is 0 Å². The first-order chi connectivity index (χ1) is 20.2. The van der Waals surface area contributed by atoms with E-state index in [1.54, 1.807) is 12.2 Å². The zero-order chi connectivity index (χ0) is 27.8. The summed E-state index contributed by atoms with van der Waals surface area (Å²) in [4.78, 5) is 3.87. The zero-order valence-corrected chi connectivity index (χ0v) is 23.3. The van der Waals surface area contributed by atoms with Gasteiger partial charge in [0, 0.05) is 47.4 Å². The first-order valence-corrected chi connectivity index (χ1v) is 14.6. The van der Waals surface area contributed by atoms with Crippen molar-refractivity contribution in [3.63, 3.8) is 0 Å². The van der Waals surface area contributed by atoms with Gasteiger partial charge in [0.25, 0.3) is 0 Å². The van der Waals surface area contributed by atoms with Crippen LogP contribution in [-0.2, 0) is 5.41 Å². The fourth-order valence-electron chi connectivity index (χ4n) is 6.57. The van der Waals surface area contributed by atoms with Crippen molar-refractivity contribution in [2.45, 2.75) is 18.3 Å². The van der Waals surface area contributed by atoms with Crippen molar-refractivity contribution in [3.05, 3.63) is 133 Å². The van der Waals surface area contributed by atoms with Crippen molar-refractivity contribution < 1.29 is 0 Å². The summed E-state index contributed by atoms with van der Waals surface area (Å²) in [7, 11) is 0. The third-order valence-electron chi connectivity index (χ3n) is 8.31. The van der Waals surface area contributed by atoms with Gasteiger partial charge in [-0.15, -0.1) is 24.2 Å². The second-order valence-electron chi connectivity index (χ2n) is 10.5. The van der Waals surface area contributed by atoms with E-state index in [0.717, 1.165) is 12.8 Å². The fraction of sp³-hybridized carbons (Fsp3) is 0.0769. The number of fused-ring (bicyclic) bond motifs is 10. The largest absolute Gasteiger partial charge is 0.354 e. The molecule has 0 amide bonds. The molecule has 1 N–H and O–H groups in total. The van der Waals surface area contributed by atoms with Crippen LogP contribution in [0.1, 0.15) is 24.0 Å². The van der Waals surface area contributed by atoms with Gasteiger partial charge in [-0.25, -0.2) is 0 Å². The highest BCUT2D eigenvalue weighted by molar-refractivity contribution is 7.25. The molecule has 1 aliphatic carbocycles. The van der Waals surface area contributed by atoms with Crippen molar-refractivity contribution >= 4 is 53.3 Å². The van der Waals surface area contributed by atoms with Crippen LogP contribution < -0.4 is 0 Å². The summed E-state index contributed by atoms with van der Waals surface area (Å²) in [6.07, 6.45) is 28.5. The van der Waals surface area contributed by atoms with Crippen LogP contribution in [0.4, 0.5) is 0 Å². The molecule has 0 unspecified atom stereocenters. The number of allylic oxidation sites excluding steroid dienone is 8. The highest BCUT2D eigenvalue weighted by atomic mass is 32.1. The Labute approximate surface area is 244 Å². The number of hydrogen-bond donors (Lipinski definition) is 1. The first-order valence-electron chi connectivity index (χ1n) is 13.8. The number of benzene rings is 4. The van der Waals surface area contributed by atoms with E-state index in [1.165, 1.54) is 64.2 Å². The molecule has 0 saturated heterocycles. The number of aromatic nitrogens is 1. The Bertz CT molecular complexity index is 2140. The average Bonchev–Trinajstić information content (AvgIpc) is 3.64. The number of hydrogen-bond acceptors (Lipinski definition) is 1. The molecule has 1 nitrogen and oxygen atoms in total. The van der Waals surface area contributed by atoms with Crippen molar-refractivity contribution in [2.75, 3.05) is 0 Å². The molecular weight excluding hydrogens is 515 g/mol. The summed E-state index contributed by atoms with van der Waals surface area (Å²) >= 11 is 1.86. The minimum absolute atomic E-state index is 0.213. The molecule has 0 fully saturated rings. The molecular formula is C39H27NS. The Morgan fingerprint density at radius 1 is 0.683 bits per heavy atom. The van der Waals surface area contributed by atoms with Crippen LogP contribution in [0.3, 0.4) is 0 Å². The van der Waals surface area contributed by atoms with Gasteiger partial charge >= 0.3 is 0 Å². The monoisotopic (exact) mass is 541 g/mol. The zero-order valence-electron chi connectivity index (χ0n) is 22.5. The minimum Gasteiger partial charge on any atom is -0.354 e. The van der Waals surface area contributed by atoms with Gasteiger partial charge in [-0.1, -0.05) is 103 Å². The maximum absolute atomic E-state index is 5.43. The van der Waals surface area contributed by atoms with Crippen LogP contribution in [0.25, 0.3) is 53.1 Å². The number of nitrogens with one attached hydrogen (secondary N) is 1. The molecule has 41 heavy (non-hydrogen) atoms. The van der Waals surface area contributed by atoms with E-state index in [4.69, 9.17) is 12.8 Å². The van der Waals surface area contributed by atoms with E-state index in [1.807, 2.05) is 23.5 Å². The average molecular weight is 542 g/mol. The van der Waals surface area contributed by atoms with E-state index in [-0.39, 0.29) is 5.41 Å². The molecule has 1 aliphatic rings. The van der Waals surface area contributed by atoms with Gasteiger partial charge in [0.05, 0.1) is 5.52 Å². The molecule has 7 rings (SSSR count). The lowest BCUT2D eigenvalue weighted by Gasteiger charge is -2.30. The smallest absolute Gasteiger partial charge is 0.0547 e. The second-order valence-corrected chi connectivity index (χ2v) is 11.6. The maximum Gasteiger partial charge on any atom is 0.0547 e. The molecule has 0 aliphatic heterocycles. The second kappa shape index (κ2) is 10.2. The summed E-state index contributed by atoms with van der Waals surface area (Å²) < 4.78 is 2.64. The Kier molecular flexibility index (Phi) is 6.20. The Hall–Kier alpha value is -5.02. The normalized spacial score (nSPS) is 14.3. The van der Waals surface area contributed by atoms with E-state index >= 15 is 0 Å². The molecule has 2 heterocycles. The standard InChI is InChI=1S/C39H27NS/c1-3-5-7-9-15-23-39(24-16-10-8-6-4-2)32-19-13-11-18-29(32)37-33(39)22-21-28-30-25-31-27-17-12-14-20-35(27)41-36(31)26-34(30)40-38(28)37/h1-2,5-22,25-26,40H,23-24H2/b7-5-,8-6-,15-9-,16-10-. The van der Waals surface area contributed by atoms with Crippen LogP contribution in [-0.4, -0.2) is 4.98 Å². The third kappa shape index (κ3) is 3.96. The molecule has 0 bridgehead atoms. The van der Waals surface area contributed by atoms with Crippen LogP contribution in [0, 0.1) is 24.7 Å². The lowest BCUT2D eigenvalue weighted by molar-refractivity contribution is 0.542. The topological polar surface area (TPSA) is 15.8 Å². The summed E-state index contributed by atoms with van der Waals surface area (Å²) in [5.74, 6) is 5.15. The van der Waals surface area contributed by atoms with E-state index < -0.39 is 0 Å². The van der Waals surface area contributed by atoms with Crippen molar-refractivity contribution in [1.82, 2.24) is 4.98 Å². The van der Waals surface area contributed by atoms with Gasteiger partial charge in [0.1, 0.15) is 0 Å². The van der Waals surface area contributed by atoms with Crippen molar-refractivity contribution in [3.8, 4) is 35.8 Å². The van der Waals surface area contributed by atoms with Crippen LogP contribution in [0.15, 0.2) is 121 Å². The van der Waals surface area contributed by atoms with Crippen LogP contribution in [0.2, 0.25) is 0 Å². The summed E-state index contributed by atoms with van der Waals surface area (Å²) in [5.41, 5.74) is 7.48. The molecule has 6 aromatic rings. The Balaban J connectivity index is 1.46. The first kappa shape index (κ1) is 25.0. The molecule has 2 aromatic heterocycles. The number of H-pyrrole nitrogens is 1. The molecule has 2 heteroatoms. The summed E-state index contributed by atoms with van der Waals surface area (Å²) in [5, 5.41) is 5.18. The van der Waals surface area contributed by atoms with Crippen LogP contribution >= 0.6 is 11.3 Å². The quantitative estimate of drug-likeness (QED) is 0.159. The number of aromatic amines is 1. The fourth-order valence-corrected chi connectivity index (χ4v) is 7.70. The number of rotatable bonds is 6. The van der Waals surface area contributed by atoms with Crippen LogP contribution in [0.5, 0.6) is 0 Å². The molecule has 0 saturated carbocycles. The highest BCUT2D eigenvalue weighted by Crippen LogP contribution is 2.55. The van der Waals surface area contributed by atoms with Gasteiger partial charge in [-0.3, -0.25) is 0 Å². The Morgan fingerprint density at radius 2 is 1.41 bits per heavy atom. The van der Waals surface area contributed by atoms with E-state index in [2.05, 4.69) is 114 Å². The molecule has 4 aromatic carbocycles. The molecule has 0 atom stereocenters. The lowest BCUT2D eigenvalue weighted by Crippen LogP contribution is -2.23. The van der Waals surface area contributed by atoms with E-state index in [0.29, 0.717) is 0 Å². The van der Waals surface area contributed by atoms with Crippen molar-refractivity contribution in [1.29, 1.82) is 0 Å². The number of terminal acetylenes is 2.